The quantitative estimate of drug-likeness (QED) is 0.721. The first kappa shape index (κ1) is 20.7. The predicted molar refractivity (Wildman–Crippen MR) is 106 cm³/mol. The zero-order chi connectivity index (χ0) is 21.2. The average Bonchev–Trinajstić information content (AvgIpc) is 2.73. The first-order valence-corrected chi connectivity index (χ1v) is 10.3. The number of hydrogen-bond acceptors (Lipinski definition) is 7. The summed E-state index contributed by atoms with van der Waals surface area (Å²) in [7, 11) is -0.939. The molecule has 2 aromatic carbocycles. The van der Waals surface area contributed by atoms with Crippen molar-refractivity contribution in [2.45, 2.75) is 4.90 Å². The summed E-state index contributed by atoms with van der Waals surface area (Å²) in [5.41, 5.74) is 0.412. The number of anilines is 1. The first-order valence-electron chi connectivity index (χ1n) is 8.81. The molecule has 1 fully saturated rings. The number of phenols is 1. The Hall–Kier alpha value is -2.98. The van der Waals surface area contributed by atoms with E-state index in [1.54, 1.807) is 18.2 Å². The molecule has 1 saturated heterocycles. The number of sulfonamides is 1. The number of aromatic carboxylic acids is 1. The lowest BCUT2D eigenvalue weighted by atomic mass is 10.1. The van der Waals surface area contributed by atoms with E-state index < -0.39 is 16.0 Å². The van der Waals surface area contributed by atoms with Gasteiger partial charge in [-0.2, -0.15) is 4.31 Å². The Bertz CT molecular complexity index is 1020. The molecule has 9 nitrogen and oxygen atoms in total. The van der Waals surface area contributed by atoms with Gasteiger partial charge in [-0.3, -0.25) is 0 Å². The summed E-state index contributed by atoms with van der Waals surface area (Å²) < 4.78 is 38.0. The van der Waals surface area contributed by atoms with E-state index in [1.807, 2.05) is 4.90 Å². The Morgan fingerprint density at radius 3 is 2.28 bits per heavy atom. The van der Waals surface area contributed by atoms with Crippen LogP contribution in [0, 0.1) is 0 Å². The molecule has 3 rings (SSSR count). The van der Waals surface area contributed by atoms with Crippen LogP contribution in [-0.4, -0.2) is 69.3 Å². The summed E-state index contributed by atoms with van der Waals surface area (Å²) in [4.78, 5) is 13.1. The van der Waals surface area contributed by atoms with Crippen LogP contribution in [0.3, 0.4) is 0 Å². The van der Waals surface area contributed by atoms with Crippen LogP contribution >= 0.6 is 0 Å². The third-order valence-electron chi connectivity index (χ3n) is 4.80. The normalized spacial score (nSPS) is 15.2. The van der Waals surface area contributed by atoms with Crippen LogP contribution in [0.25, 0.3) is 0 Å². The number of hydrogen-bond donors (Lipinski definition) is 2. The minimum absolute atomic E-state index is 0.0330. The van der Waals surface area contributed by atoms with Gasteiger partial charge in [-0.1, -0.05) is 0 Å². The highest BCUT2D eigenvalue weighted by atomic mass is 32.2. The van der Waals surface area contributed by atoms with Gasteiger partial charge in [0.1, 0.15) is 27.7 Å². The number of benzene rings is 2. The fourth-order valence-electron chi connectivity index (χ4n) is 3.20. The molecule has 10 heteroatoms. The molecule has 0 radical (unpaired) electrons. The van der Waals surface area contributed by atoms with Crippen molar-refractivity contribution in [1.82, 2.24) is 4.31 Å². The fourth-order valence-corrected chi connectivity index (χ4v) is 4.80. The van der Waals surface area contributed by atoms with E-state index in [2.05, 4.69) is 0 Å². The highest BCUT2D eigenvalue weighted by molar-refractivity contribution is 7.89. The molecule has 1 aliphatic rings. The van der Waals surface area contributed by atoms with Crippen molar-refractivity contribution < 1.29 is 32.9 Å². The first-order chi connectivity index (χ1) is 13.8. The van der Waals surface area contributed by atoms with Gasteiger partial charge in [0.15, 0.2) is 0 Å². The summed E-state index contributed by atoms with van der Waals surface area (Å²) in [6.45, 7) is 1.17. The number of carboxylic acid groups (broad SMARTS) is 1. The minimum Gasteiger partial charge on any atom is -0.507 e. The van der Waals surface area contributed by atoms with Crippen LogP contribution in [0.1, 0.15) is 10.4 Å². The van der Waals surface area contributed by atoms with Crippen molar-refractivity contribution in [3.63, 3.8) is 0 Å². The minimum atomic E-state index is -3.80. The zero-order valence-corrected chi connectivity index (χ0v) is 16.8. The number of carbonyl (C=O) groups is 1. The van der Waals surface area contributed by atoms with E-state index in [0.29, 0.717) is 24.5 Å². The summed E-state index contributed by atoms with van der Waals surface area (Å²) in [6, 6.07) is 8.92. The molecule has 0 aliphatic carbocycles. The van der Waals surface area contributed by atoms with Crippen LogP contribution in [0.5, 0.6) is 17.2 Å². The van der Waals surface area contributed by atoms with Gasteiger partial charge in [-0.05, 0) is 30.3 Å². The third kappa shape index (κ3) is 4.08. The van der Waals surface area contributed by atoms with Crippen molar-refractivity contribution in [3.05, 3.63) is 42.0 Å². The molecule has 2 N–H and O–H groups in total. The smallest absolute Gasteiger partial charge is 0.339 e. The highest BCUT2D eigenvalue weighted by Gasteiger charge is 2.31. The fraction of sp³-hybridized carbons (Fsp3) is 0.316. The lowest BCUT2D eigenvalue weighted by Crippen LogP contribution is -2.48. The lowest BCUT2D eigenvalue weighted by molar-refractivity contribution is 0.0693. The van der Waals surface area contributed by atoms with Gasteiger partial charge in [0, 0.05) is 37.9 Å². The molecule has 1 heterocycles. The monoisotopic (exact) mass is 422 g/mol. The Morgan fingerprint density at radius 2 is 1.69 bits per heavy atom. The van der Waals surface area contributed by atoms with E-state index in [9.17, 15) is 18.3 Å². The Morgan fingerprint density at radius 1 is 1.00 bits per heavy atom. The molecule has 0 amide bonds. The van der Waals surface area contributed by atoms with Gasteiger partial charge in [0.05, 0.1) is 14.2 Å². The Labute approximate surface area is 168 Å². The maximum atomic E-state index is 13.1. The number of nitrogens with zero attached hydrogens (tertiary/aromatic N) is 2. The number of aromatic hydroxyl groups is 1. The second kappa shape index (κ2) is 8.18. The second-order valence-corrected chi connectivity index (χ2v) is 8.32. The number of ether oxygens (including phenoxy) is 2. The van der Waals surface area contributed by atoms with Crippen LogP contribution in [-0.2, 0) is 10.0 Å². The van der Waals surface area contributed by atoms with Crippen molar-refractivity contribution >= 4 is 21.7 Å². The van der Waals surface area contributed by atoms with Gasteiger partial charge >= 0.3 is 5.97 Å². The molecule has 0 unspecified atom stereocenters. The van der Waals surface area contributed by atoms with Crippen LogP contribution in [0.4, 0.5) is 5.69 Å². The predicted octanol–water partition coefficient (Wildman–Crippen LogP) is 1.62. The van der Waals surface area contributed by atoms with Crippen LogP contribution in [0.15, 0.2) is 41.3 Å². The molecule has 0 atom stereocenters. The number of carboxylic acids is 1. The molecular weight excluding hydrogens is 400 g/mol. The Balaban J connectivity index is 1.80. The maximum absolute atomic E-state index is 13.1. The van der Waals surface area contributed by atoms with Crippen molar-refractivity contribution in [1.29, 1.82) is 0 Å². The number of rotatable bonds is 6. The van der Waals surface area contributed by atoms with Crippen LogP contribution < -0.4 is 14.4 Å². The Kier molecular flexibility index (Phi) is 5.85. The summed E-state index contributed by atoms with van der Waals surface area (Å²) in [6.07, 6.45) is 0. The van der Waals surface area contributed by atoms with E-state index >= 15 is 0 Å². The van der Waals surface area contributed by atoms with Gasteiger partial charge in [0.2, 0.25) is 10.0 Å². The zero-order valence-electron chi connectivity index (χ0n) is 16.0. The summed E-state index contributed by atoms with van der Waals surface area (Å²) in [5.74, 6) is -0.894. The van der Waals surface area contributed by atoms with E-state index in [-0.39, 0.29) is 35.0 Å². The van der Waals surface area contributed by atoms with Crippen molar-refractivity contribution in [2.75, 3.05) is 45.3 Å². The van der Waals surface area contributed by atoms with Crippen molar-refractivity contribution in [3.8, 4) is 17.2 Å². The largest absolute Gasteiger partial charge is 0.507 e. The molecule has 1 aliphatic heterocycles. The van der Waals surface area contributed by atoms with Gasteiger partial charge in [-0.25, -0.2) is 13.2 Å². The molecule has 0 spiro atoms. The molecular formula is C19H22N2O7S. The second-order valence-electron chi connectivity index (χ2n) is 6.41. The van der Waals surface area contributed by atoms with Gasteiger partial charge in [-0.15, -0.1) is 0 Å². The van der Waals surface area contributed by atoms with E-state index in [4.69, 9.17) is 14.6 Å². The molecule has 0 bridgehead atoms. The third-order valence-corrected chi connectivity index (χ3v) is 6.72. The standard InChI is InChI=1S/C19H22N2O7S/c1-27-14-4-6-17(28-2)18(12-14)29(25,26)21-9-7-20(8-10-21)13-3-5-16(22)15(11-13)19(23)24/h3-6,11-12,22H,7-10H2,1-2H3,(H,23,24). The lowest BCUT2D eigenvalue weighted by Gasteiger charge is -2.35. The number of methoxy groups -OCH3 is 2. The van der Waals surface area contributed by atoms with Gasteiger partial charge in [0.25, 0.3) is 0 Å². The average molecular weight is 422 g/mol. The molecule has 0 aromatic heterocycles. The van der Waals surface area contributed by atoms with E-state index in [1.165, 1.54) is 36.7 Å². The van der Waals surface area contributed by atoms with E-state index in [0.717, 1.165) is 0 Å². The summed E-state index contributed by atoms with van der Waals surface area (Å²) >= 11 is 0. The molecule has 29 heavy (non-hydrogen) atoms. The van der Waals surface area contributed by atoms with Crippen LogP contribution in [0.2, 0.25) is 0 Å². The van der Waals surface area contributed by atoms with Crippen molar-refractivity contribution in [2.24, 2.45) is 0 Å². The SMILES string of the molecule is COc1ccc(OC)c(S(=O)(=O)N2CCN(c3ccc(O)c(C(=O)O)c3)CC2)c1. The van der Waals surface area contributed by atoms with Gasteiger partial charge < -0.3 is 24.6 Å². The maximum Gasteiger partial charge on any atom is 0.339 e. The topological polar surface area (TPSA) is 117 Å². The number of piperazine rings is 1. The highest BCUT2D eigenvalue weighted by Crippen LogP contribution is 2.32. The molecule has 0 saturated carbocycles. The molecule has 2 aromatic rings. The summed E-state index contributed by atoms with van der Waals surface area (Å²) in [5, 5.41) is 18.8. The molecule has 156 valence electrons.